The van der Waals surface area contributed by atoms with E-state index in [1.54, 1.807) is 0 Å². The summed E-state index contributed by atoms with van der Waals surface area (Å²) in [5.74, 6) is 0.290. The highest BCUT2D eigenvalue weighted by Crippen LogP contribution is 2.41. The molecule has 1 aromatic carbocycles. The third kappa shape index (κ3) is 2.69. The summed E-state index contributed by atoms with van der Waals surface area (Å²) in [7, 11) is 0. The van der Waals surface area contributed by atoms with Crippen LogP contribution in [0.3, 0.4) is 0 Å². The summed E-state index contributed by atoms with van der Waals surface area (Å²) in [6, 6.07) is 7.87. The monoisotopic (exact) mass is 306 g/mol. The Bertz CT molecular complexity index is 525. The summed E-state index contributed by atoms with van der Waals surface area (Å²) in [5, 5.41) is 4.36. The Morgan fingerprint density at radius 1 is 1.38 bits per heavy atom. The Balaban J connectivity index is 1.91. The lowest BCUT2D eigenvalue weighted by molar-refractivity contribution is -0.133. The summed E-state index contributed by atoms with van der Waals surface area (Å²) < 4.78 is 0. The zero-order valence-electron chi connectivity index (χ0n) is 12.6. The first-order chi connectivity index (χ1) is 10.2. The summed E-state index contributed by atoms with van der Waals surface area (Å²) in [5.41, 5.74) is 0.775. The predicted octanol–water partition coefficient (Wildman–Crippen LogP) is 3.88. The van der Waals surface area contributed by atoms with Crippen molar-refractivity contribution in [1.29, 1.82) is 0 Å². The molecule has 1 aromatic rings. The van der Waals surface area contributed by atoms with E-state index < -0.39 is 0 Å². The van der Waals surface area contributed by atoms with Gasteiger partial charge in [0.15, 0.2) is 0 Å². The number of carbonyl (C=O) groups is 1. The zero-order valence-corrected chi connectivity index (χ0v) is 13.3. The number of unbranched alkanes of at least 4 members (excludes halogenated alkanes) is 1. The predicted molar refractivity (Wildman–Crippen MR) is 85.1 cm³/mol. The van der Waals surface area contributed by atoms with Crippen molar-refractivity contribution in [1.82, 2.24) is 10.2 Å². The maximum Gasteiger partial charge on any atom is 0.244 e. The Kier molecular flexibility index (Phi) is 4.23. The van der Waals surface area contributed by atoms with Crippen LogP contribution >= 0.6 is 11.6 Å². The molecule has 1 spiro atoms. The molecule has 0 radical (unpaired) electrons. The molecular weight excluding hydrogens is 284 g/mol. The van der Waals surface area contributed by atoms with Crippen molar-refractivity contribution in [2.24, 2.45) is 0 Å². The van der Waals surface area contributed by atoms with E-state index in [9.17, 15) is 4.79 Å². The third-order valence-corrected chi connectivity index (χ3v) is 5.00. The van der Waals surface area contributed by atoms with Crippen LogP contribution < -0.4 is 5.32 Å². The van der Waals surface area contributed by atoms with Gasteiger partial charge in [0.05, 0.1) is 5.54 Å². The van der Waals surface area contributed by atoms with Crippen molar-refractivity contribution in [2.75, 3.05) is 6.54 Å². The van der Waals surface area contributed by atoms with E-state index in [4.69, 9.17) is 11.6 Å². The van der Waals surface area contributed by atoms with Crippen LogP contribution in [0.4, 0.5) is 0 Å². The molecule has 1 aliphatic carbocycles. The van der Waals surface area contributed by atoms with E-state index in [1.165, 1.54) is 0 Å². The molecule has 1 amide bonds. The van der Waals surface area contributed by atoms with Gasteiger partial charge in [-0.1, -0.05) is 49.9 Å². The average molecular weight is 307 g/mol. The Morgan fingerprint density at radius 2 is 2.14 bits per heavy atom. The number of hydrogen-bond donors (Lipinski definition) is 1. The minimum absolute atomic E-state index is 0.0270. The average Bonchev–Trinajstić information content (AvgIpc) is 3.05. The highest BCUT2D eigenvalue weighted by atomic mass is 35.5. The standard InChI is InChI=1S/C17H23ClN2O/c1-2-3-11-20-15(13-7-6-8-14(18)12-13)19-17(16(20)21)9-4-5-10-17/h6-8,12,15,19H,2-5,9-11H2,1H3. The van der Waals surface area contributed by atoms with Gasteiger partial charge in [0, 0.05) is 11.6 Å². The third-order valence-electron chi connectivity index (χ3n) is 4.77. The second kappa shape index (κ2) is 5.98. The molecule has 3 nitrogen and oxygen atoms in total. The number of amides is 1. The Hall–Kier alpha value is -1.06. The molecule has 3 rings (SSSR count). The highest BCUT2D eigenvalue weighted by molar-refractivity contribution is 6.30. The second-order valence-corrected chi connectivity index (χ2v) is 6.68. The van der Waals surface area contributed by atoms with E-state index in [2.05, 4.69) is 18.3 Å². The summed E-state index contributed by atoms with van der Waals surface area (Å²) in [6.07, 6.45) is 6.32. The zero-order chi connectivity index (χ0) is 14.9. The molecule has 1 atom stereocenters. The van der Waals surface area contributed by atoms with Crippen molar-refractivity contribution >= 4 is 17.5 Å². The Labute approximate surface area is 131 Å². The fourth-order valence-corrected chi connectivity index (χ4v) is 3.83. The van der Waals surface area contributed by atoms with Crippen LogP contribution in [-0.2, 0) is 4.79 Å². The molecule has 114 valence electrons. The van der Waals surface area contributed by atoms with E-state index in [0.717, 1.165) is 55.7 Å². The molecule has 21 heavy (non-hydrogen) atoms. The SMILES string of the molecule is CCCCN1C(=O)C2(CCCC2)NC1c1cccc(Cl)c1. The molecule has 0 aromatic heterocycles. The van der Waals surface area contributed by atoms with Gasteiger partial charge in [0.25, 0.3) is 0 Å². The van der Waals surface area contributed by atoms with Gasteiger partial charge in [0.1, 0.15) is 6.17 Å². The molecule has 1 saturated carbocycles. The van der Waals surface area contributed by atoms with Crippen LogP contribution in [0.1, 0.15) is 57.2 Å². The number of carbonyl (C=O) groups excluding carboxylic acids is 1. The molecule has 1 aliphatic heterocycles. The molecule has 0 bridgehead atoms. The van der Waals surface area contributed by atoms with Gasteiger partial charge in [-0.05, 0) is 37.0 Å². The number of halogens is 1. The number of hydrogen-bond acceptors (Lipinski definition) is 2. The van der Waals surface area contributed by atoms with Crippen LogP contribution in [0.25, 0.3) is 0 Å². The lowest BCUT2D eigenvalue weighted by Gasteiger charge is -2.24. The van der Waals surface area contributed by atoms with Crippen molar-refractivity contribution in [2.45, 2.75) is 57.2 Å². The van der Waals surface area contributed by atoms with Crippen molar-refractivity contribution in [3.05, 3.63) is 34.9 Å². The lowest BCUT2D eigenvalue weighted by Crippen LogP contribution is -2.44. The smallest absolute Gasteiger partial charge is 0.244 e. The molecule has 2 fully saturated rings. The fourth-order valence-electron chi connectivity index (χ4n) is 3.63. The van der Waals surface area contributed by atoms with Crippen LogP contribution in [-0.4, -0.2) is 22.9 Å². The highest BCUT2D eigenvalue weighted by Gasteiger charge is 2.52. The number of rotatable bonds is 4. The quantitative estimate of drug-likeness (QED) is 0.915. The number of nitrogens with zero attached hydrogens (tertiary/aromatic N) is 1. The summed E-state index contributed by atoms with van der Waals surface area (Å²) >= 11 is 6.13. The Morgan fingerprint density at radius 3 is 2.81 bits per heavy atom. The van der Waals surface area contributed by atoms with Crippen LogP contribution in [0.15, 0.2) is 24.3 Å². The molecule has 1 N–H and O–H groups in total. The minimum atomic E-state index is -0.319. The van der Waals surface area contributed by atoms with Crippen LogP contribution in [0, 0.1) is 0 Å². The minimum Gasteiger partial charge on any atom is -0.321 e. The molecule has 2 aliphatic rings. The molecule has 1 saturated heterocycles. The van der Waals surface area contributed by atoms with Crippen LogP contribution in [0.5, 0.6) is 0 Å². The molecular formula is C17H23ClN2O. The van der Waals surface area contributed by atoms with Gasteiger partial charge in [-0.25, -0.2) is 0 Å². The van der Waals surface area contributed by atoms with Gasteiger partial charge in [-0.2, -0.15) is 0 Å². The lowest BCUT2D eigenvalue weighted by atomic mass is 9.98. The molecule has 1 heterocycles. The van der Waals surface area contributed by atoms with Gasteiger partial charge in [-0.15, -0.1) is 0 Å². The second-order valence-electron chi connectivity index (χ2n) is 6.24. The van der Waals surface area contributed by atoms with Gasteiger partial charge in [-0.3, -0.25) is 10.1 Å². The van der Waals surface area contributed by atoms with Gasteiger partial charge < -0.3 is 4.90 Å². The first kappa shape index (κ1) is 14.9. The maximum absolute atomic E-state index is 12.9. The number of benzene rings is 1. The molecule has 4 heteroatoms. The number of nitrogens with one attached hydrogen (secondary N) is 1. The van der Waals surface area contributed by atoms with Crippen LogP contribution in [0.2, 0.25) is 5.02 Å². The van der Waals surface area contributed by atoms with Crippen molar-refractivity contribution < 1.29 is 4.79 Å². The first-order valence-corrected chi connectivity index (χ1v) is 8.38. The summed E-state index contributed by atoms with van der Waals surface area (Å²) in [4.78, 5) is 15.0. The van der Waals surface area contributed by atoms with Crippen molar-refractivity contribution in [3.8, 4) is 0 Å². The van der Waals surface area contributed by atoms with E-state index >= 15 is 0 Å². The normalized spacial score (nSPS) is 24.2. The van der Waals surface area contributed by atoms with E-state index in [0.29, 0.717) is 5.91 Å². The van der Waals surface area contributed by atoms with Gasteiger partial charge in [0.2, 0.25) is 5.91 Å². The van der Waals surface area contributed by atoms with E-state index in [-0.39, 0.29) is 11.7 Å². The maximum atomic E-state index is 12.9. The fraction of sp³-hybridized carbons (Fsp3) is 0.588. The topological polar surface area (TPSA) is 32.3 Å². The van der Waals surface area contributed by atoms with Crippen molar-refractivity contribution in [3.63, 3.8) is 0 Å². The first-order valence-electron chi connectivity index (χ1n) is 8.00. The summed E-state index contributed by atoms with van der Waals surface area (Å²) in [6.45, 7) is 2.98. The largest absolute Gasteiger partial charge is 0.321 e. The van der Waals surface area contributed by atoms with Gasteiger partial charge >= 0.3 is 0 Å². The van der Waals surface area contributed by atoms with E-state index in [1.807, 2.05) is 23.1 Å². The molecule has 1 unspecified atom stereocenters.